The van der Waals surface area contributed by atoms with Crippen molar-refractivity contribution in [2.75, 3.05) is 13.2 Å². The van der Waals surface area contributed by atoms with Crippen LogP contribution in [0.2, 0.25) is 0 Å². The molecule has 2 saturated heterocycles. The molecule has 0 aliphatic carbocycles. The first kappa shape index (κ1) is 27.4. The molecule has 2 aliphatic rings. The number of fused-ring (bicyclic) bond motifs is 1. The van der Waals surface area contributed by atoms with E-state index in [0.29, 0.717) is 18.5 Å². The van der Waals surface area contributed by atoms with Crippen molar-refractivity contribution in [2.24, 2.45) is 5.92 Å². The van der Waals surface area contributed by atoms with Crippen molar-refractivity contribution >= 4 is 55.9 Å². The van der Waals surface area contributed by atoms with E-state index in [9.17, 15) is 14.4 Å². The number of piperidine rings is 1. The standard InChI is InChI=1S/C23H27N3O4S.2H2S/c1-14(2)9-17(23(29)26-7-3-5-19-21(26)18(27)13-30-19)25-22(28)16-10-15(11-24-12-16)20-6-4-8-31-20;;/h4,6,8,10-12,14,17,19,21H,3,5,7,9,13H2,1-2H3,(H,25,28);2*1H2/t17-,19+,21+;;/m0../s1. The zero-order valence-electron chi connectivity index (χ0n) is 18.7. The van der Waals surface area contributed by atoms with E-state index in [2.05, 4.69) is 10.3 Å². The molecule has 3 atom stereocenters. The summed E-state index contributed by atoms with van der Waals surface area (Å²) in [4.78, 5) is 45.7. The Kier molecular flexibility index (Phi) is 9.96. The maximum Gasteiger partial charge on any atom is 0.253 e. The second-order valence-corrected chi connectivity index (χ2v) is 9.48. The van der Waals surface area contributed by atoms with Gasteiger partial charge in [-0.2, -0.15) is 27.0 Å². The Labute approximate surface area is 212 Å². The van der Waals surface area contributed by atoms with Crippen LogP contribution in [0.1, 0.15) is 43.5 Å². The molecule has 2 aromatic heterocycles. The number of pyridine rings is 1. The van der Waals surface area contributed by atoms with E-state index in [-0.39, 0.29) is 63.2 Å². The van der Waals surface area contributed by atoms with Crippen LogP contribution in [0.25, 0.3) is 10.4 Å². The second kappa shape index (κ2) is 12.0. The number of hydrogen-bond acceptors (Lipinski definition) is 6. The number of ketones is 1. The number of Topliss-reactive ketones (excluding diaryl/α,β-unsaturated/α-hetero) is 1. The monoisotopic (exact) mass is 509 g/mol. The number of amides is 2. The Balaban J connectivity index is 0.00000193. The Morgan fingerprint density at radius 3 is 2.79 bits per heavy atom. The van der Waals surface area contributed by atoms with Gasteiger partial charge in [0.1, 0.15) is 18.7 Å². The SMILES string of the molecule is CC(C)C[C@H](NC(=O)c1cncc(-c2cccs2)c1)C(=O)N1CCC[C@H]2OCC(=O)[C@H]21.S.S. The van der Waals surface area contributed by atoms with Crippen LogP contribution in [0.15, 0.2) is 36.0 Å². The van der Waals surface area contributed by atoms with Gasteiger partial charge >= 0.3 is 0 Å². The summed E-state index contributed by atoms with van der Waals surface area (Å²) in [6.07, 6.45) is 5.06. The molecule has 2 amide bonds. The lowest BCUT2D eigenvalue weighted by Gasteiger charge is -2.37. The Morgan fingerprint density at radius 1 is 1.30 bits per heavy atom. The molecule has 1 N–H and O–H groups in total. The summed E-state index contributed by atoms with van der Waals surface area (Å²) in [6, 6.07) is 4.48. The van der Waals surface area contributed by atoms with Crippen LogP contribution in [0.3, 0.4) is 0 Å². The van der Waals surface area contributed by atoms with Gasteiger partial charge in [-0.1, -0.05) is 19.9 Å². The van der Waals surface area contributed by atoms with E-state index in [1.54, 1.807) is 28.5 Å². The fourth-order valence-corrected chi connectivity index (χ4v) is 5.02. The van der Waals surface area contributed by atoms with Crippen molar-refractivity contribution in [2.45, 2.75) is 51.3 Å². The first-order chi connectivity index (χ1) is 14.9. The van der Waals surface area contributed by atoms with Crippen molar-refractivity contribution in [3.63, 3.8) is 0 Å². The average molecular weight is 510 g/mol. The molecular weight excluding hydrogens is 478 g/mol. The third-order valence-electron chi connectivity index (χ3n) is 5.74. The lowest BCUT2D eigenvalue weighted by Crippen LogP contribution is -2.58. The zero-order valence-corrected chi connectivity index (χ0v) is 21.6. The molecular formula is C23H31N3O4S3. The van der Waals surface area contributed by atoms with Gasteiger partial charge in [0.25, 0.3) is 5.91 Å². The highest BCUT2D eigenvalue weighted by atomic mass is 32.1. The van der Waals surface area contributed by atoms with Gasteiger partial charge in [-0.25, -0.2) is 0 Å². The summed E-state index contributed by atoms with van der Waals surface area (Å²) in [5.74, 6) is -0.410. The molecule has 2 fully saturated rings. The molecule has 10 heteroatoms. The summed E-state index contributed by atoms with van der Waals surface area (Å²) in [6.45, 7) is 4.58. The zero-order chi connectivity index (χ0) is 22.0. The number of ether oxygens (including phenoxy) is 1. The number of nitrogens with zero attached hydrogens (tertiary/aromatic N) is 2. The van der Waals surface area contributed by atoms with Crippen LogP contribution < -0.4 is 5.32 Å². The van der Waals surface area contributed by atoms with E-state index in [1.165, 1.54) is 6.20 Å². The second-order valence-electron chi connectivity index (χ2n) is 8.53. The van der Waals surface area contributed by atoms with Gasteiger partial charge in [-0.05, 0) is 42.7 Å². The minimum Gasteiger partial charge on any atom is -0.368 e. The van der Waals surface area contributed by atoms with Crippen LogP contribution in [-0.4, -0.2) is 58.8 Å². The average Bonchev–Trinajstić information content (AvgIpc) is 3.43. The summed E-state index contributed by atoms with van der Waals surface area (Å²) in [7, 11) is 0. The Bertz CT molecular complexity index is 968. The summed E-state index contributed by atoms with van der Waals surface area (Å²) >= 11 is 1.58. The molecule has 33 heavy (non-hydrogen) atoms. The van der Waals surface area contributed by atoms with Crippen molar-refractivity contribution < 1.29 is 19.1 Å². The normalized spacial score (nSPS) is 20.5. The van der Waals surface area contributed by atoms with E-state index >= 15 is 0 Å². The highest BCUT2D eigenvalue weighted by Gasteiger charge is 2.45. The van der Waals surface area contributed by atoms with Gasteiger partial charge in [0.2, 0.25) is 5.91 Å². The first-order valence-corrected chi connectivity index (χ1v) is 11.6. The van der Waals surface area contributed by atoms with Crippen LogP contribution in [0.4, 0.5) is 0 Å². The molecule has 0 aromatic carbocycles. The number of aromatic nitrogens is 1. The largest absolute Gasteiger partial charge is 0.368 e. The highest BCUT2D eigenvalue weighted by Crippen LogP contribution is 2.28. The van der Waals surface area contributed by atoms with Crippen LogP contribution >= 0.6 is 38.3 Å². The number of rotatable bonds is 6. The van der Waals surface area contributed by atoms with Crippen molar-refractivity contribution in [3.8, 4) is 10.4 Å². The number of hydrogen-bond donors (Lipinski definition) is 1. The molecule has 4 rings (SSSR count). The fraction of sp³-hybridized carbons (Fsp3) is 0.478. The van der Waals surface area contributed by atoms with Gasteiger partial charge in [0.15, 0.2) is 5.78 Å². The topological polar surface area (TPSA) is 88.6 Å². The number of thiophene rings is 1. The van der Waals surface area contributed by atoms with Crippen LogP contribution in [0, 0.1) is 5.92 Å². The van der Waals surface area contributed by atoms with E-state index in [4.69, 9.17) is 4.74 Å². The van der Waals surface area contributed by atoms with E-state index in [0.717, 1.165) is 23.3 Å². The molecule has 0 unspecified atom stereocenters. The maximum absolute atomic E-state index is 13.4. The molecule has 180 valence electrons. The molecule has 4 heterocycles. The molecule has 0 bridgehead atoms. The summed E-state index contributed by atoms with van der Waals surface area (Å²) < 4.78 is 5.57. The quantitative estimate of drug-likeness (QED) is 0.646. The van der Waals surface area contributed by atoms with Gasteiger partial charge < -0.3 is 15.0 Å². The lowest BCUT2D eigenvalue weighted by atomic mass is 9.95. The van der Waals surface area contributed by atoms with Gasteiger partial charge in [0, 0.05) is 29.4 Å². The smallest absolute Gasteiger partial charge is 0.253 e. The van der Waals surface area contributed by atoms with Crippen molar-refractivity contribution in [3.05, 3.63) is 41.5 Å². The molecule has 0 spiro atoms. The van der Waals surface area contributed by atoms with E-state index < -0.39 is 12.1 Å². The van der Waals surface area contributed by atoms with Gasteiger partial charge in [-0.3, -0.25) is 19.4 Å². The number of carbonyl (C=O) groups excluding carboxylic acids is 3. The Hall–Kier alpha value is -1.88. The number of likely N-dealkylation sites (tertiary alicyclic amines) is 1. The minimum absolute atomic E-state index is 0. The van der Waals surface area contributed by atoms with Gasteiger partial charge in [-0.15, -0.1) is 11.3 Å². The third kappa shape index (κ3) is 6.17. The molecule has 2 aliphatic heterocycles. The minimum atomic E-state index is -0.704. The molecule has 2 aromatic rings. The van der Waals surface area contributed by atoms with Crippen molar-refractivity contribution in [1.82, 2.24) is 15.2 Å². The number of carbonyl (C=O) groups is 3. The van der Waals surface area contributed by atoms with Gasteiger partial charge in [0.05, 0.1) is 11.7 Å². The Morgan fingerprint density at radius 2 is 2.09 bits per heavy atom. The lowest BCUT2D eigenvalue weighted by molar-refractivity contribution is -0.142. The predicted molar refractivity (Wildman–Crippen MR) is 139 cm³/mol. The highest BCUT2D eigenvalue weighted by molar-refractivity contribution is 7.59. The van der Waals surface area contributed by atoms with Crippen LogP contribution in [-0.2, 0) is 14.3 Å². The van der Waals surface area contributed by atoms with E-state index in [1.807, 2.05) is 31.4 Å². The summed E-state index contributed by atoms with van der Waals surface area (Å²) in [5.41, 5.74) is 1.27. The number of nitrogens with one attached hydrogen (secondary N) is 1. The maximum atomic E-state index is 13.4. The van der Waals surface area contributed by atoms with Crippen LogP contribution in [0.5, 0.6) is 0 Å². The third-order valence-corrected chi connectivity index (χ3v) is 6.66. The molecule has 7 nitrogen and oxygen atoms in total. The summed E-state index contributed by atoms with van der Waals surface area (Å²) in [5, 5.41) is 4.88. The molecule has 0 radical (unpaired) electrons. The fourth-order valence-electron chi connectivity index (χ4n) is 4.31. The molecule has 0 saturated carbocycles. The first-order valence-electron chi connectivity index (χ1n) is 10.7. The van der Waals surface area contributed by atoms with Crippen molar-refractivity contribution in [1.29, 1.82) is 0 Å². The predicted octanol–water partition coefficient (Wildman–Crippen LogP) is 3.14.